The number of nitrogens with one attached hydrogen (secondary N) is 1. The molecular weight excluding hydrogens is 308 g/mol. The van der Waals surface area contributed by atoms with E-state index in [9.17, 15) is 4.79 Å². The van der Waals surface area contributed by atoms with Crippen molar-refractivity contribution in [1.82, 2.24) is 25.3 Å². The molecule has 8 heteroatoms. The highest BCUT2D eigenvalue weighted by atomic mass is 16.5. The van der Waals surface area contributed by atoms with Crippen molar-refractivity contribution in [2.45, 2.75) is 12.8 Å². The Labute approximate surface area is 140 Å². The van der Waals surface area contributed by atoms with Crippen LogP contribution in [0.2, 0.25) is 0 Å². The van der Waals surface area contributed by atoms with E-state index < -0.39 is 0 Å². The standard InChI is InChI=1S/C16H22N6O2/c1-21(2)10-7-18-15(23)16-19-14(20-24-16)12-5-6-17-13(11-12)22-8-3-4-9-22/h5-6,11H,3-4,7-10H2,1-2H3,(H,18,23). The number of aromatic nitrogens is 3. The molecule has 1 N–H and O–H groups in total. The molecule has 0 radical (unpaired) electrons. The Bertz CT molecular complexity index is 693. The maximum Gasteiger partial charge on any atom is 0.316 e. The lowest BCUT2D eigenvalue weighted by Crippen LogP contribution is -2.31. The van der Waals surface area contributed by atoms with Gasteiger partial charge in [-0.05, 0) is 39.1 Å². The number of amides is 1. The molecule has 3 rings (SSSR count). The van der Waals surface area contributed by atoms with Crippen LogP contribution < -0.4 is 10.2 Å². The van der Waals surface area contributed by atoms with E-state index in [-0.39, 0.29) is 11.8 Å². The van der Waals surface area contributed by atoms with E-state index in [2.05, 4.69) is 25.3 Å². The summed E-state index contributed by atoms with van der Waals surface area (Å²) >= 11 is 0. The molecule has 0 saturated carbocycles. The van der Waals surface area contributed by atoms with Gasteiger partial charge in [0.1, 0.15) is 5.82 Å². The second-order valence-electron chi connectivity index (χ2n) is 6.08. The highest BCUT2D eigenvalue weighted by Crippen LogP contribution is 2.23. The maximum atomic E-state index is 12.0. The Morgan fingerprint density at radius 3 is 2.92 bits per heavy atom. The van der Waals surface area contributed by atoms with Crippen molar-refractivity contribution in [2.75, 3.05) is 45.2 Å². The molecule has 2 aromatic rings. The lowest BCUT2D eigenvalue weighted by Gasteiger charge is -2.16. The zero-order chi connectivity index (χ0) is 16.9. The van der Waals surface area contributed by atoms with Crippen molar-refractivity contribution in [2.24, 2.45) is 0 Å². The van der Waals surface area contributed by atoms with Gasteiger partial charge in [-0.1, -0.05) is 5.16 Å². The van der Waals surface area contributed by atoms with Gasteiger partial charge in [0, 0.05) is 37.9 Å². The topological polar surface area (TPSA) is 87.4 Å². The normalized spacial score (nSPS) is 14.4. The van der Waals surface area contributed by atoms with Crippen LogP contribution in [0.3, 0.4) is 0 Å². The number of carbonyl (C=O) groups excluding carboxylic acids is 1. The highest BCUT2D eigenvalue weighted by molar-refractivity contribution is 5.89. The van der Waals surface area contributed by atoms with Crippen LogP contribution in [0.5, 0.6) is 0 Å². The summed E-state index contributed by atoms with van der Waals surface area (Å²) in [6.45, 7) is 3.30. The third-order valence-corrected chi connectivity index (χ3v) is 3.90. The minimum Gasteiger partial charge on any atom is -0.357 e. The van der Waals surface area contributed by atoms with Gasteiger partial charge >= 0.3 is 11.8 Å². The van der Waals surface area contributed by atoms with Gasteiger partial charge in [0.25, 0.3) is 0 Å². The molecule has 3 heterocycles. The molecule has 1 aliphatic rings. The number of hydrogen-bond acceptors (Lipinski definition) is 7. The highest BCUT2D eigenvalue weighted by Gasteiger charge is 2.18. The summed E-state index contributed by atoms with van der Waals surface area (Å²) in [5, 5.41) is 6.67. The molecule has 1 amide bonds. The number of hydrogen-bond donors (Lipinski definition) is 1. The lowest BCUT2D eigenvalue weighted by atomic mass is 10.2. The Morgan fingerprint density at radius 1 is 1.38 bits per heavy atom. The molecule has 1 fully saturated rings. The van der Waals surface area contributed by atoms with Gasteiger partial charge in [0.2, 0.25) is 5.82 Å². The summed E-state index contributed by atoms with van der Waals surface area (Å²) in [7, 11) is 3.89. The Morgan fingerprint density at radius 2 is 2.17 bits per heavy atom. The molecule has 0 spiro atoms. The summed E-state index contributed by atoms with van der Waals surface area (Å²) in [4.78, 5) is 24.8. The van der Waals surface area contributed by atoms with E-state index in [1.165, 1.54) is 12.8 Å². The van der Waals surface area contributed by atoms with Crippen molar-refractivity contribution in [3.63, 3.8) is 0 Å². The van der Waals surface area contributed by atoms with Crippen LogP contribution in [-0.2, 0) is 0 Å². The summed E-state index contributed by atoms with van der Waals surface area (Å²) in [5.74, 6) is 0.926. The average Bonchev–Trinajstić information content (AvgIpc) is 3.26. The van der Waals surface area contributed by atoms with Crippen molar-refractivity contribution in [3.8, 4) is 11.4 Å². The summed E-state index contributed by atoms with van der Waals surface area (Å²) in [6.07, 6.45) is 4.10. The predicted octanol–water partition coefficient (Wildman–Crippen LogP) is 1.02. The molecule has 0 bridgehead atoms. The number of rotatable bonds is 6. The molecule has 1 saturated heterocycles. The van der Waals surface area contributed by atoms with Crippen molar-refractivity contribution in [3.05, 3.63) is 24.2 Å². The zero-order valence-electron chi connectivity index (χ0n) is 14.0. The zero-order valence-corrected chi connectivity index (χ0v) is 14.0. The van der Waals surface area contributed by atoms with Crippen LogP contribution in [0.1, 0.15) is 23.5 Å². The summed E-state index contributed by atoms with van der Waals surface area (Å²) < 4.78 is 5.08. The number of nitrogens with zero attached hydrogens (tertiary/aromatic N) is 5. The van der Waals surface area contributed by atoms with E-state index in [0.29, 0.717) is 12.4 Å². The van der Waals surface area contributed by atoms with E-state index in [4.69, 9.17) is 4.52 Å². The Kier molecular flexibility index (Phi) is 5.05. The Balaban J connectivity index is 1.68. The fraction of sp³-hybridized carbons (Fsp3) is 0.500. The van der Waals surface area contributed by atoms with Crippen molar-refractivity contribution >= 4 is 11.7 Å². The third kappa shape index (κ3) is 3.88. The van der Waals surface area contributed by atoms with Crippen LogP contribution in [0, 0.1) is 0 Å². The second-order valence-corrected chi connectivity index (χ2v) is 6.08. The maximum absolute atomic E-state index is 12.0. The van der Waals surface area contributed by atoms with Crippen LogP contribution in [0.4, 0.5) is 5.82 Å². The first-order valence-electron chi connectivity index (χ1n) is 8.11. The Hall–Kier alpha value is -2.48. The average molecular weight is 330 g/mol. The minimum atomic E-state index is -0.357. The van der Waals surface area contributed by atoms with Gasteiger partial charge in [-0.2, -0.15) is 4.98 Å². The second kappa shape index (κ2) is 7.39. The molecule has 0 atom stereocenters. The van der Waals surface area contributed by atoms with Crippen LogP contribution >= 0.6 is 0 Å². The molecule has 1 aliphatic heterocycles. The predicted molar refractivity (Wildman–Crippen MR) is 89.9 cm³/mol. The molecule has 24 heavy (non-hydrogen) atoms. The lowest BCUT2D eigenvalue weighted by molar-refractivity contribution is 0.0907. The van der Waals surface area contributed by atoms with Crippen LogP contribution in [0.25, 0.3) is 11.4 Å². The van der Waals surface area contributed by atoms with Crippen LogP contribution in [0.15, 0.2) is 22.9 Å². The molecule has 2 aromatic heterocycles. The number of carbonyl (C=O) groups is 1. The van der Waals surface area contributed by atoms with Gasteiger partial charge in [-0.15, -0.1) is 0 Å². The fourth-order valence-corrected chi connectivity index (χ4v) is 2.58. The molecule has 0 aromatic carbocycles. The van der Waals surface area contributed by atoms with E-state index in [0.717, 1.165) is 31.0 Å². The molecule has 128 valence electrons. The fourth-order valence-electron chi connectivity index (χ4n) is 2.58. The molecule has 8 nitrogen and oxygen atoms in total. The molecule has 0 aliphatic carbocycles. The number of pyridine rings is 1. The van der Waals surface area contributed by atoms with Crippen molar-refractivity contribution < 1.29 is 9.32 Å². The van der Waals surface area contributed by atoms with Crippen molar-refractivity contribution in [1.29, 1.82) is 0 Å². The first-order valence-corrected chi connectivity index (χ1v) is 8.11. The van der Waals surface area contributed by atoms with E-state index in [1.54, 1.807) is 6.20 Å². The number of likely N-dealkylation sites (N-methyl/N-ethyl adjacent to an activating group) is 1. The van der Waals surface area contributed by atoms with E-state index >= 15 is 0 Å². The van der Waals surface area contributed by atoms with Gasteiger partial charge in [-0.25, -0.2) is 4.98 Å². The van der Waals surface area contributed by atoms with Crippen LogP contribution in [-0.4, -0.2) is 66.2 Å². The van der Waals surface area contributed by atoms with E-state index in [1.807, 2.05) is 31.1 Å². The third-order valence-electron chi connectivity index (χ3n) is 3.90. The smallest absolute Gasteiger partial charge is 0.316 e. The summed E-state index contributed by atoms with van der Waals surface area (Å²) in [5.41, 5.74) is 0.794. The van der Waals surface area contributed by atoms with Gasteiger partial charge in [0.15, 0.2) is 0 Å². The molecule has 0 unspecified atom stereocenters. The first kappa shape index (κ1) is 16.4. The molecular formula is C16H22N6O2. The quantitative estimate of drug-likeness (QED) is 0.846. The largest absolute Gasteiger partial charge is 0.357 e. The SMILES string of the molecule is CN(C)CCNC(=O)c1nc(-c2ccnc(N3CCCC3)c2)no1. The minimum absolute atomic E-state index is 0.0247. The number of anilines is 1. The van der Waals surface area contributed by atoms with Gasteiger partial charge in [-0.3, -0.25) is 4.79 Å². The van der Waals surface area contributed by atoms with Gasteiger partial charge in [0.05, 0.1) is 0 Å². The van der Waals surface area contributed by atoms with Gasteiger partial charge < -0.3 is 19.6 Å². The monoisotopic (exact) mass is 330 g/mol. The first-order chi connectivity index (χ1) is 11.6. The summed E-state index contributed by atoms with van der Waals surface area (Å²) in [6, 6.07) is 3.75.